The van der Waals surface area contributed by atoms with Crippen molar-refractivity contribution in [2.75, 3.05) is 0 Å². The summed E-state index contributed by atoms with van der Waals surface area (Å²) in [5, 5.41) is 0.895. The largest absolute Gasteiger partial charge is 0.455 e. The quantitative estimate of drug-likeness (QED) is 0.328. The van der Waals surface area contributed by atoms with Gasteiger partial charge >= 0.3 is 5.97 Å². The normalized spacial score (nSPS) is 10.6. The van der Waals surface area contributed by atoms with E-state index < -0.39 is 0 Å². The second-order valence-electron chi connectivity index (χ2n) is 5.61. The Morgan fingerprint density at radius 3 is 2.56 bits per heavy atom. The summed E-state index contributed by atoms with van der Waals surface area (Å²) >= 11 is 1.41. The lowest BCUT2D eigenvalue weighted by Crippen LogP contribution is -2.06. The van der Waals surface area contributed by atoms with Gasteiger partial charge in [0.05, 0.1) is 0 Å². The van der Waals surface area contributed by atoms with Gasteiger partial charge in [0.1, 0.15) is 16.4 Å². The number of carbonyl (C=O) groups excluding carboxylic acids is 2. The highest BCUT2D eigenvalue weighted by Crippen LogP contribution is 2.40. The van der Waals surface area contributed by atoms with E-state index in [1.807, 2.05) is 31.2 Å². The van der Waals surface area contributed by atoms with E-state index in [1.165, 1.54) is 18.3 Å². The molecule has 5 heteroatoms. The SMILES string of the molecule is CCCC(=O)Oc1cccc(Oc2c(C(C)=O)sc3ccccc23)c1. The summed E-state index contributed by atoms with van der Waals surface area (Å²) in [6, 6.07) is 14.6. The minimum Gasteiger partial charge on any atom is -0.455 e. The first-order chi connectivity index (χ1) is 12.1. The Labute approximate surface area is 150 Å². The molecule has 1 heterocycles. The monoisotopic (exact) mass is 354 g/mol. The number of hydrogen-bond acceptors (Lipinski definition) is 5. The molecule has 25 heavy (non-hydrogen) atoms. The van der Waals surface area contributed by atoms with E-state index >= 15 is 0 Å². The van der Waals surface area contributed by atoms with Crippen LogP contribution in [-0.2, 0) is 4.79 Å². The maximum absolute atomic E-state index is 12.0. The van der Waals surface area contributed by atoms with Crippen molar-refractivity contribution >= 4 is 33.2 Å². The number of hydrogen-bond donors (Lipinski definition) is 0. The molecule has 3 aromatic rings. The van der Waals surface area contributed by atoms with Crippen LogP contribution in [0.3, 0.4) is 0 Å². The maximum Gasteiger partial charge on any atom is 0.311 e. The second-order valence-corrected chi connectivity index (χ2v) is 6.67. The zero-order chi connectivity index (χ0) is 17.8. The van der Waals surface area contributed by atoms with Crippen LogP contribution >= 0.6 is 11.3 Å². The number of fused-ring (bicyclic) bond motifs is 1. The van der Waals surface area contributed by atoms with Crippen LogP contribution in [0.5, 0.6) is 17.2 Å². The predicted molar refractivity (Wildman–Crippen MR) is 98.9 cm³/mol. The Kier molecular flexibility index (Phi) is 5.14. The summed E-state index contributed by atoms with van der Waals surface area (Å²) in [6.45, 7) is 3.45. The molecule has 0 saturated heterocycles. The molecule has 0 radical (unpaired) electrons. The maximum atomic E-state index is 12.0. The summed E-state index contributed by atoms with van der Waals surface area (Å²) in [5.74, 6) is 1.18. The number of benzene rings is 2. The summed E-state index contributed by atoms with van der Waals surface area (Å²) in [7, 11) is 0. The van der Waals surface area contributed by atoms with Gasteiger partial charge in [0.15, 0.2) is 11.5 Å². The summed E-state index contributed by atoms with van der Waals surface area (Å²) in [6.07, 6.45) is 1.10. The Morgan fingerprint density at radius 2 is 1.80 bits per heavy atom. The van der Waals surface area contributed by atoms with Crippen molar-refractivity contribution in [3.05, 3.63) is 53.4 Å². The molecular formula is C20H18O4S. The van der Waals surface area contributed by atoms with Crippen LogP contribution in [0, 0.1) is 0 Å². The van der Waals surface area contributed by atoms with Crippen molar-refractivity contribution in [1.82, 2.24) is 0 Å². The first-order valence-electron chi connectivity index (χ1n) is 8.09. The van der Waals surface area contributed by atoms with Crippen LogP contribution in [-0.4, -0.2) is 11.8 Å². The highest BCUT2D eigenvalue weighted by Gasteiger charge is 2.18. The lowest BCUT2D eigenvalue weighted by Gasteiger charge is -2.09. The summed E-state index contributed by atoms with van der Waals surface area (Å²) < 4.78 is 12.3. The molecule has 0 spiro atoms. The van der Waals surface area contributed by atoms with Gasteiger partial charge in [0, 0.05) is 29.5 Å². The molecule has 0 N–H and O–H groups in total. The van der Waals surface area contributed by atoms with E-state index in [9.17, 15) is 9.59 Å². The average molecular weight is 354 g/mol. The van der Waals surface area contributed by atoms with E-state index in [0.717, 1.165) is 16.5 Å². The van der Waals surface area contributed by atoms with Crippen molar-refractivity contribution in [2.24, 2.45) is 0 Å². The van der Waals surface area contributed by atoms with Crippen molar-refractivity contribution in [1.29, 1.82) is 0 Å². The topological polar surface area (TPSA) is 52.6 Å². The molecule has 0 saturated carbocycles. The van der Waals surface area contributed by atoms with E-state index in [2.05, 4.69) is 0 Å². The smallest absolute Gasteiger partial charge is 0.311 e. The molecule has 0 atom stereocenters. The Morgan fingerprint density at radius 1 is 1.04 bits per heavy atom. The summed E-state index contributed by atoms with van der Waals surface area (Å²) in [4.78, 5) is 24.2. The fourth-order valence-electron chi connectivity index (χ4n) is 2.46. The van der Waals surface area contributed by atoms with Gasteiger partial charge in [0.2, 0.25) is 0 Å². The third-order valence-corrected chi connectivity index (χ3v) is 4.83. The van der Waals surface area contributed by atoms with E-state index in [1.54, 1.807) is 24.3 Å². The first-order valence-corrected chi connectivity index (χ1v) is 8.91. The lowest BCUT2D eigenvalue weighted by molar-refractivity contribution is -0.134. The van der Waals surface area contributed by atoms with Gasteiger partial charge in [0.25, 0.3) is 0 Å². The lowest BCUT2D eigenvalue weighted by atomic mass is 10.2. The number of rotatable bonds is 6. The molecule has 0 aliphatic carbocycles. The van der Waals surface area contributed by atoms with Crippen LogP contribution in [0.25, 0.3) is 10.1 Å². The van der Waals surface area contributed by atoms with Gasteiger partial charge in [-0.25, -0.2) is 0 Å². The highest BCUT2D eigenvalue weighted by molar-refractivity contribution is 7.21. The predicted octanol–water partition coefficient (Wildman–Crippen LogP) is 5.60. The molecule has 0 bridgehead atoms. The van der Waals surface area contributed by atoms with Crippen molar-refractivity contribution in [2.45, 2.75) is 26.7 Å². The molecule has 0 fully saturated rings. The molecule has 0 amide bonds. The zero-order valence-corrected chi connectivity index (χ0v) is 14.9. The third kappa shape index (κ3) is 3.88. The number of esters is 1. The Hall–Kier alpha value is -2.66. The molecule has 4 nitrogen and oxygen atoms in total. The van der Waals surface area contributed by atoms with E-state index in [4.69, 9.17) is 9.47 Å². The van der Waals surface area contributed by atoms with Gasteiger partial charge in [-0.15, -0.1) is 11.3 Å². The standard InChI is InChI=1S/C20H18O4S/c1-3-7-18(22)23-14-8-6-9-15(12-14)24-19-16-10-4-5-11-17(16)25-20(19)13(2)21/h4-6,8-12H,3,7H2,1-2H3. The van der Waals surface area contributed by atoms with Crippen LogP contribution in [0.15, 0.2) is 48.5 Å². The molecule has 0 aliphatic heterocycles. The Balaban J connectivity index is 1.92. The van der Waals surface area contributed by atoms with Gasteiger partial charge < -0.3 is 9.47 Å². The molecule has 0 aliphatic rings. The highest BCUT2D eigenvalue weighted by atomic mass is 32.1. The van der Waals surface area contributed by atoms with Crippen LogP contribution < -0.4 is 9.47 Å². The van der Waals surface area contributed by atoms with Crippen molar-refractivity contribution in [3.8, 4) is 17.2 Å². The van der Waals surface area contributed by atoms with Crippen LogP contribution in [0.4, 0.5) is 0 Å². The van der Waals surface area contributed by atoms with Gasteiger partial charge in [-0.3, -0.25) is 9.59 Å². The number of thiophene rings is 1. The summed E-state index contributed by atoms with van der Waals surface area (Å²) in [5.41, 5.74) is 0. The molecular weight excluding hydrogens is 336 g/mol. The molecule has 3 rings (SSSR count). The van der Waals surface area contributed by atoms with Crippen molar-refractivity contribution in [3.63, 3.8) is 0 Å². The average Bonchev–Trinajstić information content (AvgIpc) is 2.94. The zero-order valence-electron chi connectivity index (χ0n) is 14.1. The minimum atomic E-state index is -0.273. The van der Waals surface area contributed by atoms with E-state index in [0.29, 0.717) is 28.5 Å². The van der Waals surface area contributed by atoms with Gasteiger partial charge in [-0.1, -0.05) is 25.1 Å². The second kappa shape index (κ2) is 7.49. The minimum absolute atomic E-state index is 0.0401. The fourth-order valence-corrected chi connectivity index (χ4v) is 3.49. The number of carbonyl (C=O) groups is 2. The van der Waals surface area contributed by atoms with Gasteiger partial charge in [-0.05, 0) is 30.7 Å². The number of ketones is 1. The molecule has 1 aromatic heterocycles. The van der Waals surface area contributed by atoms with Crippen LogP contribution in [0.1, 0.15) is 36.4 Å². The van der Waals surface area contributed by atoms with Crippen molar-refractivity contribution < 1.29 is 19.1 Å². The Bertz CT molecular complexity index is 926. The molecule has 2 aromatic carbocycles. The molecule has 0 unspecified atom stereocenters. The third-order valence-electron chi connectivity index (χ3n) is 3.58. The number of Topliss-reactive ketones (excluding diaryl/α,β-unsaturated/α-hetero) is 1. The number of ether oxygens (including phenoxy) is 2. The van der Waals surface area contributed by atoms with Crippen LogP contribution in [0.2, 0.25) is 0 Å². The molecule has 128 valence electrons. The van der Waals surface area contributed by atoms with Gasteiger partial charge in [-0.2, -0.15) is 0 Å². The van der Waals surface area contributed by atoms with E-state index in [-0.39, 0.29) is 11.8 Å². The fraction of sp³-hybridized carbons (Fsp3) is 0.200. The first kappa shape index (κ1) is 17.2.